The van der Waals surface area contributed by atoms with Gasteiger partial charge in [-0.25, -0.2) is 13.2 Å². The number of rotatable bonds is 10. The number of aromatic nitrogens is 1. The number of ketones is 1. The van der Waals surface area contributed by atoms with Crippen molar-refractivity contribution in [3.8, 4) is 5.75 Å². The maximum Gasteiger partial charge on any atom is 0.355 e. The normalized spacial score (nSPS) is 12.5. The molecule has 0 amide bonds. The van der Waals surface area contributed by atoms with Crippen molar-refractivity contribution in [2.45, 2.75) is 38.6 Å². The van der Waals surface area contributed by atoms with Crippen LogP contribution in [0.4, 0.5) is 0 Å². The van der Waals surface area contributed by atoms with E-state index in [0.717, 1.165) is 4.31 Å². The zero-order valence-corrected chi connectivity index (χ0v) is 20.2. The van der Waals surface area contributed by atoms with Crippen LogP contribution in [0.1, 0.15) is 46.0 Å². The van der Waals surface area contributed by atoms with E-state index in [2.05, 4.69) is 6.58 Å². The van der Waals surface area contributed by atoms with Crippen LogP contribution in [0.2, 0.25) is 0 Å². The molecule has 0 radical (unpaired) electrons. The number of carbonyl (C=O) groups excluding carboxylic acids is 2. The molecule has 8 nitrogen and oxygen atoms in total. The summed E-state index contributed by atoms with van der Waals surface area (Å²) in [4.78, 5) is 25.9. The number of carbonyl (C=O) groups is 2. The molecule has 0 aliphatic carbocycles. The summed E-state index contributed by atoms with van der Waals surface area (Å²) in [6.45, 7) is 10.4. The Hall–Kier alpha value is -2.91. The summed E-state index contributed by atoms with van der Waals surface area (Å²) >= 11 is 0. The molecule has 0 aliphatic rings. The average molecular weight is 463 g/mol. The van der Waals surface area contributed by atoms with Crippen LogP contribution in [0.5, 0.6) is 5.75 Å². The summed E-state index contributed by atoms with van der Waals surface area (Å²) in [7, 11) is -0.845. The van der Waals surface area contributed by atoms with Crippen LogP contribution >= 0.6 is 0 Å². The largest absolute Gasteiger partial charge is 0.497 e. The third-order valence-electron chi connectivity index (χ3n) is 5.43. The van der Waals surface area contributed by atoms with E-state index in [4.69, 9.17) is 9.47 Å². The number of hydrogen-bond donors (Lipinski definition) is 0. The Kier molecular flexibility index (Phi) is 8.03. The SMILES string of the molecule is C=CCN(C(C)C(=O)c1c(C)c(C(=O)OCC)n(C)c1C)S(=O)(=O)c1ccc(OC)cc1. The molecule has 0 bridgehead atoms. The highest BCUT2D eigenvalue weighted by Crippen LogP contribution is 2.27. The predicted molar refractivity (Wildman–Crippen MR) is 122 cm³/mol. The number of esters is 1. The van der Waals surface area contributed by atoms with Crippen LogP contribution in [0.3, 0.4) is 0 Å². The predicted octanol–water partition coefficient (Wildman–Crippen LogP) is 3.28. The summed E-state index contributed by atoms with van der Waals surface area (Å²) in [6, 6.07) is 4.92. The van der Waals surface area contributed by atoms with Gasteiger partial charge in [0.25, 0.3) is 0 Å². The second kappa shape index (κ2) is 10.1. The van der Waals surface area contributed by atoms with Crippen LogP contribution in [-0.2, 0) is 21.8 Å². The summed E-state index contributed by atoms with van der Waals surface area (Å²) < 4.78 is 39.6. The fourth-order valence-corrected chi connectivity index (χ4v) is 5.21. The van der Waals surface area contributed by atoms with Crippen LogP contribution in [0.15, 0.2) is 41.8 Å². The van der Waals surface area contributed by atoms with E-state index in [1.54, 1.807) is 44.5 Å². The van der Waals surface area contributed by atoms with Crippen molar-refractivity contribution in [2.75, 3.05) is 20.3 Å². The summed E-state index contributed by atoms with van der Waals surface area (Å²) in [6.07, 6.45) is 1.43. The Morgan fingerprint density at radius 3 is 2.31 bits per heavy atom. The first kappa shape index (κ1) is 25.4. The minimum atomic E-state index is -4.01. The Balaban J connectivity index is 2.51. The van der Waals surface area contributed by atoms with Gasteiger partial charge in [0.15, 0.2) is 5.78 Å². The lowest BCUT2D eigenvalue weighted by molar-refractivity contribution is 0.0514. The summed E-state index contributed by atoms with van der Waals surface area (Å²) in [5.41, 5.74) is 1.60. The number of benzene rings is 1. The topological polar surface area (TPSA) is 94.9 Å². The van der Waals surface area contributed by atoms with E-state index in [1.165, 1.54) is 32.2 Å². The number of Topliss-reactive ketones (excluding diaryl/α,β-unsaturated/α-hetero) is 1. The van der Waals surface area contributed by atoms with Gasteiger partial charge < -0.3 is 14.0 Å². The number of sulfonamides is 1. The highest BCUT2D eigenvalue weighted by atomic mass is 32.2. The molecule has 1 atom stereocenters. The maximum atomic E-state index is 13.5. The first-order valence-electron chi connectivity index (χ1n) is 10.2. The molecule has 2 aromatic rings. The van der Waals surface area contributed by atoms with Crippen LogP contribution in [-0.4, -0.2) is 55.3 Å². The number of ether oxygens (including phenoxy) is 2. The Labute approximate surface area is 189 Å². The van der Waals surface area contributed by atoms with E-state index in [1.807, 2.05) is 0 Å². The highest BCUT2D eigenvalue weighted by molar-refractivity contribution is 7.89. The monoisotopic (exact) mass is 462 g/mol. The Morgan fingerprint density at radius 2 is 1.81 bits per heavy atom. The molecule has 0 fully saturated rings. The van der Waals surface area contributed by atoms with E-state index < -0.39 is 27.8 Å². The van der Waals surface area contributed by atoms with Gasteiger partial charge in [-0.05, 0) is 57.5 Å². The lowest BCUT2D eigenvalue weighted by Gasteiger charge is -2.26. The van der Waals surface area contributed by atoms with E-state index in [0.29, 0.717) is 22.6 Å². The van der Waals surface area contributed by atoms with Crippen molar-refractivity contribution < 1.29 is 27.5 Å². The smallest absolute Gasteiger partial charge is 0.355 e. The third kappa shape index (κ3) is 4.63. The van der Waals surface area contributed by atoms with Crippen molar-refractivity contribution in [3.05, 3.63) is 59.4 Å². The minimum absolute atomic E-state index is 0.0357. The van der Waals surface area contributed by atoms with Gasteiger partial charge in [-0.1, -0.05) is 6.08 Å². The molecule has 174 valence electrons. The molecule has 0 saturated heterocycles. The fraction of sp³-hybridized carbons (Fsp3) is 0.391. The first-order valence-corrected chi connectivity index (χ1v) is 11.6. The third-order valence-corrected chi connectivity index (χ3v) is 7.38. The quantitative estimate of drug-likeness (QED) is 0.306. The zero-order valence-electron chi connectivity index (χ0n) is 19.3. The molecule has 1 aromatic heterocycles. The van der Waals surface area contributed by atoms with Gasteiger partial charge in [0.2, 0.25) is 10.0 Å². The average Bonchev–Trinajstić information content (AvgIpc) is 2.99. The van der Waals surface area contributed by atoms with Crippen molar-refractivity contribution in [1.29, 1.82) is 0 Å². The fourth-order valence-electron chi connectivity index (χ4n) is 3.64. The van der Waals surface area contributed by atoms with Gasteiger partial charge >= 0.3 is 5.97 Å². The second-order valence-corrected chi connectivity index (χ2v) is 9.18. The minimum Gasteiger partial charge on any atom is -0.497 e. The second-order valence-electron chi connectivity index (χ2n) is 7.29. The molecular weight excluding hydrogens is 432 g/mol. The molecule has 0 spiro atoms. The van der Waals surface area contributed by atoms with Crippen LogP contribution < -0.4 is 4.74 Å². The van der Waals surface area contributed by atoms with Crippen molar-refractivity contribution in [2.24, 2.45) is 7.05 Å². The molecule has 0 aliphatic heterocycles. The van der Waals surface area contributed by atoms with Gasteiger partial charge in [0.05, 0.1) is 24.7 Å². The van der Waals surface area contributed by atoms with Crippen molar-refractivity contribution >= 4 is 21.8 Å². The summed E-state index contributed by atoms with van der Waals surface area (Å²) in [5.74, 6) is -0.424. The first-order chi connectivity index (χ1) is 15.0. The number of hydrogen-bond acceptors (Lipinski definition) is 6. The van der Waals surface area contributed by atoms with E-state index in [9.17, 15) is 18.0 Å². The van der Waals surface area contributed by atoms with E-state index >= 15 is 0 Å². The lowest BCUT2D eigenvalue weighted by atomic mass is 10.0. The van der Waals surface area contributed by atoms with Crippen molar-refractivity contribution in [3.63, 3.8) is 0 Å². The highest BCUT2D eigenvalue weighted by Gasteiger charge is 2.35. The molecule has 0 saturated carbocycles. The van der Waals surface area contributed by atoms with Gasteiger partial charge in [-0.2, -0.15) is 4.31 Å². The molecule has 9 heteroatoms. The molecule has 1 aromatic carbocycles. The zero-order chi connectivity index (χ0) is 24.2. The molecule has 1 unspecified atom stereocenters. The Bertz CT molecular complexity index is 1120. The summed E-state index contributed by atoms with van der Waals surface area (Å²) in [5, 5.41) is 0. The Morgan fingerprint density at radius 1 is 1.22 bits per heavy atom. The van der Waals surface area contributed by atoms with Gasteiger partial charge in [0.1, 0.15) is 11.4 Å². The maximum absolute atomic E-state index is 13.5. The molecule has 32 heavy (non-hydrogen) atoms. The molecular formula is C23H30N2O6S. The number of nitrogens with zero attached hydrogens (tertiary/aromatic N) is 2. The molecule has 0 N–H and O–H groups in total. The van der Waals surface area contributed by atoms with Gasteiger partial charge in [-0.3, -0.25) is 4.79 Å². The van der Waals surface area contributed by atoms with Gasteiger partial charge in [-0.15, -0.1) is 6.58 Å². The molecule has 2 rings (SSSR count). The van der Waals surface area contributed by atoms with E-state index in [-0.39, 0.29) is 23.7 Å². The standard InChI is InChI=1S/C23H30N2O6S/c1-8-14-25(32(28,29)19-12-10-18(30-7)11-13-19)17(5)22(26)20-15(3)21(23(27)31-9-2)24(6)16(20)4/h8,10-13,17H,1,9,14H2,2-7H3. The lowest BCUT2D eigenvalue weighted by Crippen LogP contribution is -2.43. The van der Waals surface area contributed by atoms with Crippen LogP contribution in [0.25, 0.3) is 0 Å². The van der Waals surface area contributed by atoms with Gasteiger partial charge in [0, 0.05) is 24.8 Å². The molecule has 1 heterocycles. The van der Waals surface area contributed by atoms with Crippen LogP contribution in [0, 0.1) is 13.8 Å². The number of methoxy groups -OCH3 is 1. The van der Waals surface area contributed by atoms with Crippen molar-refractivity contribution in [1.82, 2.24) is 8.87 Å².